The molecule has 2 heterocycles. The van der Waals surface area contributed by atoms with Gasteiger partial charge in [0, 0.05) is 26.1 Å². The molecule has 1 atom stereocenters. The van der Waals surface area contributed by atoms with Crippen LogP contribution in [0, 0.1) is 11.3 Å². The molecule has 0 saturated carbocycles. The monoisotopic (exact) mass is 242 g/mol. The SMILES string of the molecule is N#Cc1ccc2c(c1)N1CCNCC1CC(=O)N2. The topological polar surface area (TPSA) is 68.2 Å². The zero-order valence-electron chi connectivity index (χ0n) is 9.94. The summed E-state index contributed by atoms with van der Waals surface area (Å²) in [6, 6.07) is 7.74. The predicted octanol–water partition coefficient (Wildman–Crippen LogP) is 0.679. The molecule has 3 rings (SSSR count). The number of piperazine rings is 1. The number of rotatable bonds is 0. The van der Waals surface area contributed by atoms with E-state index in [1.807, 2.05) is 12.1 Å². The van der Waals surface area contributed by atoms with Gasteiger partial charge in [0.1, 0.15) is 0 Å². The number of nitrogens with zero attached hydrogens (tertiary/aromatic N) is 2. The summed E-state index contributed by atoms with van der Waals surface area (Å²) in [7, 11) is 0. The Bertz CT molecular complexity index is 534. The molecule has 1 unspecified atom stereocenters. The highest BCUT2D eigenvalue weighted by molar-refractivity contribution is 5.97. The summed E-state index contributed by atoms with van der Waals surface area (Å²) >= 11 is 0. The lowest BCUT2D eigenvalue weighted by atomic mass is 10.1. The molecule has 5 nitrogen and oxygen atoms in total. The number of hydrogen-bond donors (Lipinski definition) is 2. The molecule has 2 N–H and O–H groups in total. The van der Waals surface area contributed by atoms with Crippen LogP contribution in [0.3, 0.4) is 0 Å². The van der Waals surface area contributed by atoms with Crippen molar-refractivity contribution in [2.45, 2.75) is 12.5 Å². The molecular formula is C13H14N4O. The fraction of sp³-hybridized carbons (Fsp3) is 0.385. The summed E-state index contributed by atoms with van der Waals surface area (Å²) in [5.41, 5.74) is 2.40. The van der Waals surface area contributed by atoms with Gasteiger partial charge in [0.15, 0.2) is 0 Å². The molecule has 92 valence electrons. The van der Waals surface area contributed by atoms with Crippen molar-refractivity contribution in [3.63, 3.8) is 0 Å². The standard InChI is InChI=1S/C13H14N4O/c14-7-9-1-2-11-12(5-9)17-4-3-15-8-10(17)6-13(18)16-11/h1-2,5,10,15H,3-4,6,8H2,(H,16,18). The molecule has 0 bridgehead atoms. The van der Waals surface area contributed by atoms with E-state index >= 15 is 0 Å². The van der Waals surface area contributed by atoms with Gasteiger partial charge < -0.3 is 15.5 Å². The van der Waals surface area contributed by atoms with Gasteiger partial charge in [-0.15, -0.1) is 0 Å². The molecule has 1 amide bonds. The number of anilines is 2. The van der Waals surface area contributed by atoms with Crippen LogP contribution in [0.4, 0.5) is 11.4 Å². The quantitative estimate of drug-likeness (QED) is 0.702. The molecule has 1 aromatic rings. The lowest BCUT2D eigenvalue weighted by Crippen LogP contribution is -2.51. The summed E-state index contributed by atoms with van der Waals surface area (Å²) in [4.78, 5) is 14.1. The number of nitriles is 1. The minimum atomic E-state index is 0.0390. The van der Waals surface area contributed by atoms with Crippen molar-refractivity contribution in [1.29, 1.82) is 5.26 Å². The maximum absolute atomic E-state index is 11.8. The van der Waals surface area contributed by atoms with Crippen LogP contribution in [0.1, 0.15) is 12.0 Å². The predicted molar refractivity (Wildman–Crippen MR) is 68.4 cm³/mol. The van der Waals surface area contributed by atoms with Crippen LogP contribution in [0.15, 0.2) is 18.2 Å². The summed E-state index contributed by atoms with van der Waals surface area (Å²) in [6.07, 6.45) is 0.490. The van der Waals surface area contributed by atoms with Crippen LogP contribution >= 0.6 is 0 Å². The number of amides is 1. The zero-order valence-corrected chi connectivity index (χ0v) is 9.94. The highest BCUT2D eigenvalue weighted by Gasteiger charge is 2.29. The van der Waals surface area contributed by atoms with Gasteiger partial charge in [0.25, 0.3) is 0 Å². The first kappa shape index (κ1) is 11.1. The number of benzene rings is 1. The molecule has 0 spiro atoms. The minimum absolute atomic E-state index is 0.0390. The Morgan fingerprint density at radius 2 is 2.33 bits per heavy atom. The van der Waals surface area contributed by atoms with E-state index in [1.54, 1.807) is 6.07 Å². The Morgan fingerprint density at radius 1 is 1.44 bits per heavy atom. The van der Waals surface area contributed by atoms with E-state index in [0.29, 0.717) is 12.0 Å². The second kappa shape index (κ2) is 4.31. The first-order valence-electron chi connectivity index (χ1n) is 6.09. The Balaban J connectivity index is 2.08. The first-order valence-corrected chi connectivity index (χ1v) is 6.09. The van der Waals surface area contributed by atoms with E-state index in [0.717, 1.165) is 31.0 Å². The van der Waals surface area contributed by atoms with Crippen LogP contribution < -0.4 is 15.5 Å². The van der Waals surface area contributed by atoms with Gasteiger partial charge >= 0.3 is 0 Å². The largest absolute Gasteiger partial charge is 0.364 e. The smallest absolute Gasteiger partial charge is 0.226 e. The molecule has 0 aromatic heterocycles. The summed E-state index contributed by atoms with van der Waals surface area (Å²) in [5.74, 6) is 0.0390. The third-order valence-electron chi connectivity index (χ3n) is 3.48. The summed E-state index contributed by atoms with van der Waals surface area (Å²) in [6.45, 7) is 2.58. The molecular weight excluding hydrogens is 228 g/mol. The second-order valence-electron chi connectivity index (χ2n) is 4.65. The van der Waals surface area contributed by atoms with Crippen LogP contribution in [0.25, 0.3) is 0 Å². The van der Waals surface area contributed by atoms with Crippen molar-refractivity contribution in [3.8, 4) is 6.07 Å². The second-order valence-corrected chi connectivity index (χ2v) is 4.65. The first-order chi connectivity index (χ1) is 8.78. The van der Waals surface area contributed by atoms with Gasteiger partial charge in [0.05, 0.1) is 29.0 Å². The number of fused-ring (bicyclic) bond motifs is 3. The van der Waals surface area contributed by atoms with Crippen LogP contribution in [-0.4, -0.2) is 31.6 Å². The average Bonchev–Trinajstić information content (AvgIpc) is 2.53. The molecule has 1 saturated heterocycles. The van der Waals surface area contributed by atoms with E-state index in [1.165, 1.54) is 0 Å². The Labute approximate surface area is 105 Å². The maximum atomic E-state index is 11.8. The lowest BCUT2D eigenvalue weighted by Gasteiger charge is -2.36. The number of hydrogen-bond acceptors (Lipinski definition) is 4. The molecule has 18 heavy (non-hydrogen) atoms. The number of carbonyl (C=O) groups excluding carboxylic acids is 1. The Morgan fingerprint density at radius 3 is 3.17 bits per heavy atom. The number of nitrogens with one attached hydrogen (secondary N) is 2. The van der Waals surface area contributed by atoms with Gasteiger partial charge in [-0.2, -0.15) is 5.26 Å². The van der Waals surface area contributed by atoms with Crippen molar-refractivity contribution >= 4 is 17.3 Å². The number of carbonyl (C=O) groups is 1. The van der Waals surface area contributed by atoms with E-state index < -0.39 is 0 Å². The van der Waals surface area contributed by atoms with Gasteiger partial charge in [-0.1, -0.05) is 0 Å². The fourth-order valence-electron chi connectivity index (χ4n) is 2.62. The van der Waals surface area contributed by atoms with E-state index in [2.05, 4.69) is 21.6 Å². The normalized spacial score (nSPS) is 22.3. The van der Waals surface area contributed by atoms with Crippen LogP contribution in [0.5, 0.6) is 0 Å². The van der Waals surface area contributed by atoms with Gasteiger partial charge in [-0.25, -0.2) is 0 Å². The van der Waals surface area contributed by atoms with Gasteiger partial charge in [0.2, 0.25) is 5.91 Å². The third-order valence-corrected chi connectivity index (χ3v) is 3.48. The molecule has 2 aliphatic heterocycles. The lowest BCUT2D eigenvalue weighted by molar-refractivity contribution is -0.116. The Kier molecular flexibility index (Phi) is 2.65. The van der Waals surface area contributed by atoms with Crippen molar-refractivity contribution < 1.29 is 4.79 Å². The van der Waals surface area contributed by atoms with E-state index in [9.17, 15) is 4.79 Å². The van der Waals surface area contributed by atoms with Crippen molar-refractivity contribution in [3.05, 3.63) is 23.8 Å². The zero-order chi connectivity index (χ0) is 12.5. The summed E-state index contributed by atoms with van der Waals surface area (Å²) in [5, 5.41) is 15.2. The minimum Gasteiger partial charge on any atom is -0.364 e. The highest BCUT2D eigenvalue weighted by atomic mass is 16.1. The van der Waals surface area contributed by atoms with E-state index in [-0.39, 0.29) is 11.9 Å². The molecule has 1 fully saturated rings. The van der Waals surface area contributed by atoms with Crippen LogP contribution in [0.2, 0.25) is 0 Å². The van der Waals surface area contributed by atoms with E-state index in [4.69, 9.17) is 5.26 Å². The molecule has 2 aliphatic rings. The van der Waals surface area contributed by atoms with Crippen LogP contribution in [-0.2, 0) is 4.79 Å². The van der Waals surface area contributed by atoms with Crippen molar-refractivity contribution in [2.24, 2.45) is 0 Å². The average molecular weight is 242 g/mol. The fourth-order valence-corrected chi connectivity index (χ4v) is 2.62. The summed E-state index contributed by atoms with van der Waals surface area (Å²) < 4.78 is 0. The van der Waals surface area contributed by atoms with Gasteiger partial charge in [-0.05, 0) is 18.2 Å². The van der Waals surface area contributed by atoms with Gasteiger partial charge in [-0.3, -0.25) is 4.79 Å². The van der Waals surface area contributed by atoms with Crippen molar-refractivity contribution in [1.82, 2.24) is 5.32 Å². The molecule has 0 radical (unpaired) electrons. The molecule has 5 heteroatoms. The third kappa shape index (κ3) is 1.81. The maximum Gasteiger partial charge on any atom is 0.226 e. The highest BCUT2D eigenvalue weighted by Crippen LogP contribution is 2.32. The Hall–Kier alpha value is -2.06. The molecule has 0 aliphatic carbocycles. The van der Waals surface area contributed by atoms with Crippen molar-refractivity contribution in [2.75, 3.05) is 29.9 Å². The molecule has 1 aromatic carbocycles.